The Hall–Kier alpha value is -1.35. The zero-order valence-electron chi connectivity index (χ0n) is 7.00. The maximum atomic E-state index is 11.3. The molecule has 0 bridgehead atoms. The van der Waals surface area contributed by atoms with Crippen molar-refractivity contribution in [3.8, 4) is 0 Å². The third kappa shape index (κ3) is 2.56. The summed E-state index contributed by atoms with van der Waals surface area (Å²) in [5.74, 6) is -0.872. The van der Waals surface area contributed by atoms with Crippen LogP contribution in [0, 0.1) is 0 Å². The maximum absolute atomic E-state index is 11.3. The number of imide groups is 1. The van der Waals surface area contributed by atoms with E-state index in [2.05, 4.69) is 5.32 Å². The van der Waals surface area contributed by atoms with Gasteiger partial charge >= 0.3 is 0 Å². The minimum atomic E-state index is -0.474. The van der Waals surface area contributed by atoms with Crippen LogP contribution in [-0.4, -0.2) is 11.8 Å². The van der Waals surface area contributed by atoms with Crippen LogP contribution in [0.5, 0.6) is 0 Å². The van der Waals surface area contributed by atoms with Gasteiger partial charge in [0.2, 0.25) is 5.91 Å². The first-order chi connectivity index (χ1) is 6.11. The van der Waals surface area contributed by atoms with Crippen LogP contribution in [0.2, 0.25) is 5.02 Å². The molecule has 0 unspecified atom stereocenters. The van der Waals surface area contributed by atoms with E-state index in [9.17, 15) is 9.59 Å². The van der Waals surface area contributed by atoms with Crippen molar-refractivity contribution in [3.63, 3.8) is 0 Å². The van der Waals surface area contributed by atoms with Crippen LogP contribution in [0.1, 0.15) is 17.3 Å². The molecule has 1 N–H and O–H groups in total. The van der Waals surface area contributed by atoms with E-state index >= 15 is 0 Å². The summed E-state index contributed by atoms with van der Waals surface area (Å²) in [5.41, 5.74) is 0.305. The molecule has 0 atom stereocenters. The number of rotatable bonds is 1. The maximum Gasteiger partial charge on any atom is 0.259 e. The van der Waals surface area contributed by atoms with Gasteiger partial charge in [0.25, 0.3) is 5.91 Å². The molecule has 2 amide bonds. The molecule has 0 saturated carbocycles. The van der Waals surface area contributed by atoms with Crippen molar-refractivity contribution in [2.45, 2.75) is 6.92 Å². The number of halogens is 1. The minimum absolute atomic E-state index is 0.305. The van der Waals surface area contributed by atoms with Crippen LogP contribution >= 0.6 is 11.6 Å². The Morgan fingerprint density at radius 3 is 2.46 bits per heavy atom. The highest BCUT2D eigenvalue weighted by atomic mass is 35.5. The van der Waals surface area contributed by atoms with Crippen molar-refractivity contribution in [2.24, 2.45) is 0 Å². The van der Waals surface area contributed by atoms with Crippen LogP contribution in [0.25, 0.3) is 0 Å². The first kappa shape index (κ1) is 9.74. The lowest BCUT2D eigenvalue weighted by molar-refractivity contribution is -0.118. The molecule has 13 heavy (non-hydrogen) atoms. The van der Waals surface area contributed by atoms with Crippen molar-refractivity contribution in [1.29, 1.82) is 0 Å². The standard InChI is InChI=1S/C9H8ClNO2/c1-6(12)11-9(13)7-4-2-3-5-8(7)10/h2-5H,1H3,(H,11,12,13). The van der Waals surface area contributed by atoms with Gasteiger partial charge in [-0.1, -0.05) is 23.7 Å². The molecule has 0 spiro atoms. The van der Waals surface area contributed by atoms with Gasteiger partial charge in [-0.25, -0.2) is 0 Å². The number of carbonyl (C=O) groups excluding carboxylic acids is 2. The summed E-state index contributed by atoms with van der Waals surface area (Å²) in [5, 5.41) is 2.47. The highest BCUT2D eigenvalue weighted by molar-refractivity contribution is 6.34. The molecule has 0 aliphatic rings. The lowest BCUT2D eigenvalue weighted by Crippen LogP contribution is -2.28. The fourth-order valence-electron chi connectivity index (χ4n) is 0.873. The van der Waals surface area contributed by atoms with Gasteiger partial charge in [-0.05, 0) is 12.1 Å². The van der Waals surface area contributed by atoms with Gasteiger partial charge in [-0.2, -0.15) is 0 Å². The molecule has 0 radical (unpaired) electrons. The molecule has 0 aliphatic carbocycles. The summed E-state index contributed by atoms with van der Waals surface area (Å²) in [4.78, 5) is 21.8. The van der Waals surface area contributed by atoms with Gasteiger partial charge in [0.15, 0.2) is 0 Å². The highest BCUT2D eigenvalue weighted by Crippen LogP contribution is 2.14. The second-order valence-corrected chi connectivity index (χ2v) is 2.90. The molecular weight excluding hydrogens is 190 g/mol. The van der Waals surface area contributed by atoms with Crippen molar-refractivity contribution in [2.75, 3.05) is 0 Å². The molecule has 0 aromatic heterocycles. The number of nitrogens with one attached hydrogen (secondary N) is 1. The monoisotopic (exact) mass is 197 g/mol. The number of hydrogen-bond acceptors (Lipinski definition) is 2. The predicted molar refractivity (Wildman–Crippen MR) is 49.6 cm³/mol. The quantitative estimate of drug-likeness (QED) is 0.744. The largest absolute Gasteiger partial charge is 0.293 e. The van der Waals surface area contributed by atoms with Crippen LogP contribution in [0.3, 0.4) is 0 Å². The van der Waals surface area contributed by atoms with Gasteiger partial charge in [-0.3, -0.25) is 14.9 Å². The predicted octanol–water partition coefficient (Wildman–Crippen LogP) is 1.62. The fourth-order valence-corrected chi connectivity index (χ4v) is 1.09. The average molecular weight is 198 g/mol. The van der Waals surface area contributed by atoms with E-state index in [1.807, 2.05) is 0 Å². The van der Waals surface area contributed by atoms with Crippen molar-refractivity contribution in [3.05, 3.63) is 34.9 Å². The molecule has 0 aliphatic heterocycles. The molecule has 0 fully saturated rings. The van der Waals surface area contributed by atoms with E-state index in [1.54, 1.807) is 24.3 Å². The molecule has 1 aromatic rings. The smallest absolute Gasteiger partial charge is 0.259 e. The van der Waals surface area contributed by atoms with Gasteiger partial charge in [0, 0.05) is 6.92 Å². The van der Waals surface area contributed by atoms with Crippen LogP contribution in [0.4, 0.5) is 0 Å². The topological polar surface area (TPSA) is 46.2 Å². The molecule has 1 aromatic carbocycles. The zero-order chi connectivity index (χ0) is 9.84. The fraction of sp³-hybridized carbons (Fsp3) is 0.111. The average Bonchev–Trinajstić information content (AvgIpc) is 2.03. The lowest BCUT2D eigenvalue weighted by Gasteiger charge is -2.02. The van der Waals surface area contributed by atoms with E-state index in [4.69, 9.17) is 11.6 Å². The molecule has 4 heteroatoms. The van der Waals surface area contributed by atoms with Gasteiger partial charge in [0.05, 0.1) is 10.6 Å². The van der Waals surface area contributed by atoms with Crippen molar-refractivity contribution < 1.29 is 9.59 Å². The second kappa shape index (κ2) is 4.05. The summed E-state index contributed by atoms with van der Waals surface area (Å²) in [6, 6.07) is 6.55. The van der Waals surface area contributed by atoms with Gasteiger partial charge in [-0.15, -0.1) is 0 Å². The summed E-state index contributed by atoms with van der Waals surface area (Å²) in [6.45, 7) is 1.27. The van der Waals surface area contributed by atoms with E-state index in [0.29, 0.717) is 10.6 Å². The van der Waals surface area contributed by atoms with Gasteiger partial charge in [0.1, 0.15) is 0 Å². The Balaban J connectivity index is 2.89. The van der Waals surface area contributed by atoms with Crippen molar-refractivity contribution >= 4 is 23.4 Å². The molecule has 68 valence electrons. The normalized spacial score (nSPS) is 9.38. The number of benzene rings is 1. The van der Waals surface area contributed by atoms with Crippen LogP contribution in [-0.2, 0) is 4.79 Å². The van der Waals surface area contributed by atoms with Crippen molar-refractivity contribution in [1.82, 2.24) is 5.32 Å². The first-order valence-corrected chi connectivity index (χ1v) is 4.05. The number of carbonyl (C=O) groups is 2. The van der Waals surface area contributed by atoms with Crippen LogP contribution < -0.4 is 5.32 Å². The van der Waals surface area contributed by atoms with Crippen LogP contribution in [0.15, 0.2) is 24.3 Å². The minimum Gasteiger partial charge on any atom is -0.293 e. The zero-order valence-corrected chi connectivity index (χ0v) is 7.76. The van der Waals surface area contributed by atoms with E-state index < -0.39 is 11.8 Å². The summed E-state index contributed by atoms with van der Waals surface area (Å²) >= 11 is 5.73. The number of hydrogen-bond donors (Lipinski definition) is 1. The Morgan fingerprint density at radius 1 is 1.31 bits per heavy atom. The summed E-state index contributed by atoms with van der Waals surface area (Å²) in [7, 11) is 0. The third-order valence-corrected chi connectivity index (χ3v) is 1.74. The molecular formula is C9H8ClNO2. The Labute approximate surface area is 80.7 Å². The van der Waals surface area contributed by atoms with Gasteiger partial charge < -0.3 is 0 Å². The first-order valence-electron chi connectivity index (χ1n) is 3.67. The molecule has 0 saturated heterocycles. The number of amides is 2. The Kier molecular flexibility index (Phi) is 3.03. The third-order valence-electron chi connectivity index (χ3n) is 1.41. The summed E-state index contributed by atoms with van der Waals surface area (Å²) < 4.78 is 0. The Bertz CT molecular complexity index is 349. The highest BCUT2D eigenvalue weighted by Gasteiger charge is 2.09. The lowest BCUT2D eigenvalue weighted by atomic mass is 10.2. The molecule has 1 rings (SSSR count). The SMILES string of the molecule is CC(=O)NC(=O)c1ccccc1Cl. The molecule has 0 heterocycles. The van der Waals surface area contributed by atoms with E-state index in [0.717, 1.165) is 0 Å². The molecule has 3 nitrogen and oxygen atoms in total. The summed E-state index contributed by atoms with van der Waals surface area (Å²) in [6.07, 6.45) is 0. The second-order valence-electron chi connectivity index (χ2n) is 2.49. The van der Waals surface area contributed by atoms with E-state index in [1.165, 1.54) is 6.92 Å². The Morgan fingerprint density at radius 2 is 1.92 bits per heavy atom. The van der Waals surface area contributed by atoms with E-state index in [-0.39, 0.29) is 0 Å².